The van der Waals surface area contributed by atoms with Crippen LogP contribution < -0.4 is 9.62 Å². The van der Waals surface area contributed by atoms with Gasteiger partial charge in [0.05, 0.1) is 11.9 Å². The number of benzene rings is 2. The van der Waals surface area contributed by atoms with Crippen LogP contribution in [0.25, 0.3) is 0 Å². The molecule has 1 fully saturated rings. The van der Waals surface area contributed by atoms with E-state index in [0.717, 1.165) is 48.2 Å². The molecule has 1 saturated carbocycles. The molecule has 0 saturated heterocycles. The summed E-state index contributed by atoms with van der Waals surface area (Å²) in [5.74, 6) is -0.553. The van der Waals surface area contributed by atoms with E-state index in [2.05, 4.69) is 5.32 Å². The predicted molar refractivity (Wildman–Crippen MR) is 154 cm³/mol. The van der Waals surface area contributed by atoms with Crippen LogP contribution in [0.4, 0.5) is 5.69 Å². The summed E-state index contributed by atoms with van der Waals surface area (Å²) in [4.78, 5) is 28.4. The van der Waals surface area contributed by atoms with Gasteiger partial charge in [-0.2, -0.15) is 0 Å². The number of hydrogen-bond acceptors (Lipinski definition) is 4. The van der Waals surface area contributed by atoms with E-state index in [1.165, 1.54) is 4.90 Å². The lowest BCUT2D eigenvalue weighted by Crippen LogP contribution is -2.53. The topological polar surface area (TPSA) is 86.8 Å². The summed E-state index contributed by atoms with van der Waals surface area (Å²) in [6.07, 6.45) is 6.11. The highest BCUT2D eigenvalue weighted by Crippen LogP contribution is 2.28. The fourth-order valence-electron chi connectivity index (χ4n) is 4.64. The molecule has 2 amide bonds. The molecule has 1 aliphatic carbocycles. The van der Waals surface area contributed by atoms with Gasteiger partial charge in [0.1, 0.15) is 12.6 Å². The van der Waals surface area contributed by atoms with Crippen LogP contribution in [0.1, 0.15) is 69.9 Å². The van der Waals surface area contributed by atoms with Gasteiger partial charge in [-0.25, -0.2) is 8.42 Å². The standard InChI is InChI=1S/C28H37Cl2N3O4S/c1-19(2)21-13-15-23(16-14-21)33(38(4,36)37)18-27(34)32(17-24-25(29)11-8-12-26(24)30)20(3)28(35)31-22-9-6-5-7-10-22/h8,11-16,19-20,22H,5-7,9-10,17-18H2,1-4H3,(H,31,35). The van der Waals surface area contributed by atoms with E-state index in [1.807, 2.05) is 26.0 Å². The Morgan fingerprint density at radius 2 is 1.55 bits per heavy atom. The van der Waals surface area contributed by atoms with Gasteiger partial charge in [-0.3, -0.25) is 13.9 Å². The van der Waals surface area contributed by atoms with Crippen molar-refractivity contribution in [2.24, 2.45) is 0 Å². The summed E-state index contributed by atoms with van der Waals surface area (Å²) in [6.45, 7) is 5.22. The molecule has 2 aromatic rings. The number of carbonyl (C=O) groups excluding carboxylic acids is 2. The van der Waals surface area contributed by atoms with Crippen LogP contribution in [0.3, 0.4) is 0 Å². The van der Waals surface area contributed by atoms with Crippen molar-refractivity contribution in [1.29, 1.82) is 0 Å². The molecule has 1 unspecified atom stereocenters. The fourth-order valence-corrected chi connectivity index (χ4v) is 6.01. The first-order valence-corrected chi connectivity index (χ1v) is 15.6. The Morgan fingerprint density at radius 1 is 0.974 bits per heavy atom. The molecule has 2 aromatic carbocycles. The van der Waals surface area contributed by atoms with Gasteiger partial charge in [-0.05, 0) is 55.5 Å². The minimum absolute atomic E-state index is 0.0412. The van der Waals surface area contributed by atoms with Crippen molar-refractivity contribution in [3.63, 3.8) is 0 Å². The first-order valence-electron chi connectivity index (χ1n) is 13.0. The normalized spacial score (nSPS) is 15.2. The van der Waals surface area contributed by atoms with Crippen molar-refractivity contribution in [2.75, 3.05) is 17.1 Å². The van der Waals surface area contributed by atoms with E-state index in [0.29, 0.717) is 21.3 Å². The van der Waals surface area contributed by atoms with E-state index >= 15 is 0 Å². The molecule has 0 aromatic heterocycles. The Kier molecular flexibility index (Phi) is 10.5. The number of anilines is 1. The Hall–Kier alpha value is -2.29. The van der Waals surface area contributed by atoms with E-state index in [1.54, 1.807) is 37.3 Å². The van der Waals surface area contributed by atoms with Crippen LogP contribution in [0.5, 0.6) is 0 Å². The summed E-state index contributed by atoms with van der Waals surface area (Å²) >= 11 is 12.8. The Morgan fingerprint density at radius 3 is 2.08 bits per heavy atom. The smallest absolute Gasteiger partial charge is 0.244 e. The third kappa shape index (κ3) is 7.87. The number of hydrogen-bond donors (Lipinski definition) is 1. The van der Waals surface area contributed by atoms with Gasteiger partial charge in [0.15, 0.2) is 0 Å². The number of nitrogens with zero attached hydrogens (tertiary/aromatic N) is 2. The van der Waals surface area contributed by atoms with Gasteiger partial charge in [0.25, 0.3) is 0 Å². The molecule has 1 atom stereocenters. The monoisotopic (exact) mass is 581 g/mol. The van der Waals surface area contributed by atoms with Gasteiger partial charge in [0.2, 0.25) is 21.8 Å². The van der Waals surface area contributed by atoms with Crippen molar-refractivity contribution < 1.29 is 18.0 Å². The second-order valence-electron chi connectivity index (χ2n) is 10.3. The number of sulfonamides is 1. The van der Waals surface area contributed by atoms with Crippen LogP contribution in [0.15, 0.2) is 42.5 Å². The molecule has 0 spiro atoms. The first-order chi connectivity index (χ1) is 17.9. The molecule has 3 rings (SSSR count). The van der Waals surface area contributed by atoms with Gasteiger partial charge in [-0.15, -0.1) is 0 Å². The van der Waals surface area contributed by atoms with Crippen molar-refractivity contribution in [3.05, 3.63) is 63.6 Å². The van der Waals surface area contributed by atoms with Crippen LogP contribution in [-0.4, -0.2) is 50.0 Å². The van der Waals surface area contributed by atoms with E-state index < -0.39 is 28.5 Å². The zero-order chi connectivity index (χ0) is 28.0. The molecular formula is C28H37Cl2N3O4S. The van der Waals surface area contributed by atoms with Gasteiger partial charge < -0.3 is 10.2 Å². The number of carbonyl (C=O) groups is 2. The van der Waals surface area contributed by atoms with Crippen molar-refractivity contribution >= 4 is 50.7 Å². The maximum Gasteiger partial charge on any atom is 0.244 e. The highest BCUT2D eigenvalue weighted by molar-refractivity contribution is 7.92. The molecule has 0 aliphatic heterocycles. The van der Waals surface area contributed by atoms with Gasteiger partial charge in [-0.1, -0.05) is 74.5 Å². The molecule has 38 heavy (non-hydrogen) atoms. The van der Waals surface area contributed by atoms with E-state index in [9.17, 15) is 18.0 Å². The second kappa shape index (κ2) is 13.2. The Balaban J connectivity index is 1.91. The summed E-state index contributed by atoms with van der Waals surface area (Å²) in [5.41, 5.74) is 1.92. The maximum atomic E-state index is 13.8. The molecule has 1 N–H and O–H groups in total. The van der Waals surface area contributed by atoms with E-state index in [4.69, 9.17) is 23.2 Å². The molecule has 10 heteroatoms. The summed E-state index contributed by atoms with van der Waals surface area (Å²) in [6, 6.07) is 11.3. The SMILES string of the molecule is CC(C)c1ccc(N(CC(=O)N(Cc2c(Cl)cccc2Cl)C(C)C(=O)NC2CCCCC2)S(C)(=O)=O)cc1. The maximum absolute atomic E-state index is 13.8. The second-order valence-corrected chi connectivity index (χ2v) is 13.0. The predicted octanol–water partition coefficient (Wildman–Crippen LogP) is 5.75. The number of rotatable bonds is 10. The lowest BCUT2D eigenvalue weighted by Gasteiger charge is -2.33. The third-order valence-corrected chi connectivity index (χ3v) is 8.88. The van der Waals surface area contributed by atoms with Crippen LogP contribution in [0, 0.1) is 0 Å². The average molecular weight is 583 g/mol. The first kappa shape index (κ1) is 30.3. The lowest BCUT2D eigenvalue weighted by molar-refractivity contribution is -0.139. The number of nitrogens with one attached hydrogen (secondary N) is 1. The fraction of sp³-hybridized carbons (Fsp3) is 0.500. The van der Waals surface area contributed by atoms with Gasteiger partial charge >= 0.3 is 0 Å². The molecule has 0 radical (unpaired) electrons. The van der Waals surface area contributed by atoms with Crippen LogP contribution in [-0.2, 0) is 26.2 Å². The number of halogens is 2. The third-order valence-electron chi connectivity index (χ3n) is 7.04. The Labute approximate surface area is 236 Å². The van der Waals surface area contributed by atoms with Crippen LogP contribution >= 0.6 is 23.2 Å². The molecular weight excluding hydrogens is 545 g/mol. The lowest BCUT2D eigenvalue weighted by atomic mass is 9.95. The quantitative estimate of drug-likeness (QED) is 0.387. The minimum atomic E-state index is -3.80. The van der Waals surface area contributed by atoms with Crippen molar-refractivity contribution in [2.45, 2.75) is 77.4 Å². The highest BCUT2D eigenvalue weighted by Gasteiger charge is 2.32. The minimum Gasteiger partial charge on any atom is -0.352 e. The molecule has 0 heterocycles. The summed E-state index contributed by atoms with van der Waals surface area (Å²) < 4.78 is 26.6. The largest absolute Gasteiger partial charge is 0.352 e. The summed E-state index contributed by atoms with van der Waals surface area (Å²) in [5, 5.41) is 3.79. The van der Waals surface area contributed by atoms with Gasteiger partial charge in [0, 0.05) is 28.2 Å². The van der Waals surface area contributed by atoms with Crippen molar-refractivity contribution in [3.8, 4) is 0 Å². The number of amides is 2. The molecule has 1 aliphatic rings. The molecule has 208 valence electrons. The van der Waals surface area contributed by atoms with E-state index in [-0.39, 0.29) is 24.4 Å². The highest BCUT2D eigenvalue weighted by atomic mass is 35.5. The average Bonchev–Trinajstić information content (AvgIpc) is 2.86. The zero-order valence-corrected chi connectivity index (χ0v) is 24.7. The Bertz CT molecular complexity index is 1210. The zero-order valence-electron chi connectivity index (χ0n) is 22.4. The molecule has 0 bridgehead atoms. The van der Waals surface area contributed by atoms with Crippen molar-refractivity contribution in [1.82, 2.24) is 10.2 Å². The molecule has 7 nitrogen and oxygen atoms in total. The van der Waals surface area contributed by atoms with Crippen LogP contribution in [0.2, 0.25) is 10.0 Å². The summed E-state index contributed by atoms with van der Waals surface area (Å²) in [7, 11) is -3.80.